The van der Waals surface area contributed by atoms with Crippen molar-refractivity contribution in [1.82, 2.24) is 9.55 Å². The van der Waals surface area contributed by atoms with Crippen molar-refractivity contribution in [2.75, 3.05) is 12.4 Å². The second kappa shape index (κ2) is 6.63. The van der Waals surface area contributed by atoms with E-state index in [1.807, 2.05) is 30.5 Å². The lowest BCUT2D eigenvalue weighted by Crippen LogP contribution is -2.25. The van der Waals surface area contributed by atoms with Crippen molar-refractivity contribution in [3.05, 3.63) is 47.5 Å². The number of aromatic nitrogens is 2. The van der Waals surface area contributed by atoms with E-state index in [0.29, 0.717) is 5.02 Å². The minimum absolute atomic E-state index is 0.196. The summed E-state index contributed by atoms with van der Waals surface area (Å²) in [5.41, 5.74) is 1.54. The maximum atomic E-state index is 12.1. The largest absolute Gasteiger partial charge is 0.467 e. The Morgan fingerprint density at radius 2 is 2.00 bits per heavy atom. The number of ether oxygens (including phenoxy) is 1. The molecule has 0 aliphatic heterocycles. The summed E-state index contributed by atoms with van der Waals surface area (Å²) in [7, 11) is 1.37. The van der Waals surface area contributed by atoms with Crippen molar-refractivity contribution in [3.63, 3.8) is 0 Å². The maximum absolute atomic E-state index is 12.1. The van der Waals surface area contributed by atoms with Crippen LogP contribution in [0, 0.1) is 0 Å². The SMILES string of the molecule is COC(=O)C(Nc1ccc(Cl)cc1)c1cncn1C(C)C. The highest BCUT2D eigenvalue weighted by Gasteiger charge is 2.25. The first-order valence-electron chi connectivity index (χ1n) is 6.64. The molecular formula is C15H18ClN3O2. The van der Waals surface area contributed by atoms with Gasteiger partial charge in [-0.2, -0.15) is 0 Å². The highest BCUT2D eigenvalue weighted by Crippen LogP contribution is 2.24. The van der Waals surface area contributed by atoms with Gasteiger partial charge in [0.1, 0.15) is 0 Å². The van der Waals surface area contributed by atoms with E-state index in [1.165, 1.54) is 7.11 Å². The predicted octanol–water partition coefficient (Wildman–Crippen LogP) is 3.44. The van der Waals surface area contributed by atoms with Gasteiger partial charge in [0.15, 0.2) is 6.04 Å². The summed E-state index contributed by atoms with van der Waals surface area (Å²) < 4.78 is 6.83. The second-order valence-electron chi connectivity index (χ2n) is 4.93. The number of benzene rings is 1. The van der Waals surface area contributed by atoms with Gasteiger partial charge in [0.25, 0.3) is 0 Å². The number of carbonyl (C=O) groups excluding carboxylic acids is 1. The number of nitrogens with zero attached hydrogens (tertiary/aromatic N) is 2. The summed E-state index contributed by atoms with van der Waals surface area (Å²) in [4.78, 5) is 16.2. The Hall–Kier alpha value is -2.01. The molecular weight excluding hydrogens is 290 g/mol. The Morgan fingerprint density at radius 3 is 2.57 bits per heavy atom. The molecule has 2 rings (SSSR count). The smallest absolute Gasteiger partial charge is 0.334 e. The number of rotatable bonds is 5. The molecule has 0 saturated carbocycles. The van der Waals surface area contributed by atoms with Gasteiger partial charge in [-0.1, -0.05) is 11.6 Å². The van der Waals surface area contributed by atoms with E-state index in [4.69, 9.17) is 16.3 Å². The molecule has 2 aromatic rings. The van der Waals surface area contributed by atoms with Crippen molar-refractivity contribution in [1.29, 1.82) is 0 Å². The normalized spacial score (nSPS) is 12.2. The first kappa shape index (κ1) is 15.4. The second-order valence-corrected chi connectivity index (χ2v) is 5.36. The minimum Gasteiger partial charge on any atom is -0.467 e. The Kier molecular flexibility index (Phi) is 4.85. The average Bonchev–Trinajstić information content (AvgIpc) is 2.95. The molecule has 1 N–H and O–H groups in total. The van der Waals surface area contributed by atoms with Gasteiger partial charge < -0.3 is 14.6 Å². The highest BCUT2D eigenvalue weighted by atomic mass is 35.5. The van der Waals surface area contributed by atoms with Gasteiger partial charge in [0.05, 0.1) is 25.3 Å². The topological polar surface area (TPSA) is 56.1 Å². The zero-order chi connectivity index (χ0) is 15.4. The van der Waals surface area contributed by atoms with Crippen molar-refractivity contribution in [3.8, 4) is 0 Å². The third-order valence-corrected chi connectivity index (χ3v) is 3.39. The van der Waals surface area contributed by atoms with Crippen molar-refractivity contribution >= 4 is 23.3 Å². The lowest BCUT2D eigenvalue weighted by molar-refractivity contribution is -0.141. The van der Waals surface area contributed by atoms with E-state index in [-0.39, 0.29) is 12.0 Å². The van der Waals surface area contributed by atoms with Crippen LogP contribution in [0.4, 0.5) is 5.69 Å². The molecule has 0 spiro atoms. The fourth-order valence-electron chi connectivity index (χ4n) is 2.05. The summed E-state index contributed by atoms with van der Waals surface area (Å²) in [6, 6.07) is 6.72. The van der Waals surface area contributed by atoms with Crippen LogP contribution in [-0.4, -0.2) is 22.6 Å². The van der Waals surface area contributed by atoms with E-state index < -0.39 is 6.04 Å². The van der Waals surface area contributed by atoms with Gasteiger partial charge in [0.2, 0.25) is 0 Å². The molecule has 0 saturated heterocycles. The van der Waals surface area contributed by atoms with Gasteiger partial charge in [0, 0.05) is 16.8 Å². The molecule has 112 valence electrons. The third kappa shape index (κ3) is 3.55. The number of hydrogen-bond donors (Lipinski definition) is 1. The van der Waals surface area contributed by atoms with Crippen molar-refractivity contribution < 1.29 is 9.53 Å². The molecule has 21 heavy (non-hydrogen) atoms. The highest BCUT2D eigenvalue weighted by molar-refractivity contribution is 6.30. The first-order chi connectivity index (χ1) is 10.0. The molecule has 0 radical (unpaired) electrons. The molecule has 6 heteroatoms. The summed E-state index contributed by atoms with van der Waals surface area (Å²) in [5.74, 6) is -0.368. The lowest BCUT2D eigenvalue weighted by Gasteiger charge is -2.21. The maximum Gasteiger partial charge on any atom is 0.334 e. The van der Waals surface area contributed by atoms with E-state index in [0.717, 1.165) is 11.4 Å². The first-order valence-corrected chi connectivity index (χ1v) is 7.02. The molecule has 5 nitrogen and oxygen atoms in total. The van der Waals surface area contributed by atoms with Gasteiger partial charge >= 0.3 is 5.97 Å². The van der Waals surface area contributed by atoms with Crippen LogP contribution in [0.1, 0.15) is 31.6 Å². The molecule has 0 amide bonds. The van der Waals surface area contributed by atoms with Crippen LogP contribution in [0.5, 0.6) is 0 Å². The molecule has 1 aromatic carbocycles. The Balaban J connectivity index is 2.32. The number of carbonyl (C=O) groups is 1. The molecule has 0 aliphatic rings. The minimum atomic E-state index is -0.624. The van der Waals surface area contributed by atoms with Gasteiger partial charge in [-0.25, -0.2) is 9.78 Å². The average molecular weight is 308 g/mol. The number of nitrogens with one attached hydrogen (secondary N) is 1. The van der Waals surface area contributed by atoms with Crippen molar-refractivity contribution in [2.24, 2.45) is 0 Å². The van der Waals surface area contributed by atoms with E-state index >= 15 is 0 Å². The summed E-state index contributed by atoms with van der Waals surface area (Å²) in [6.07, 6.45) is 3.38. The van der Waals surface area contributed by atoms with Crippen LogP contribution < -0.4 is 5.32 Å². The molecule has 0 bridgehead atoms. The molecule has 1 unspecified atom stereocenters. The molecule has 0 fully saturated rings. The number of esters is 1. The Morgan fingerprint density at radius 1 is 1.33 bits per heavy atom. The number of halogens is 1. The Labute approximate surface area is 128 Å². The van der Waals surface area contributed by atoms with E-state index in [1.54, 1.807) is 24.7 Å². The number of anilines is 1. The van der Waals surface area contributed by atoms with Crippen LogP contribution in [0.15, 0.2) is 36.8 Å². The number of imidazole rings is 1. The fourth-order valence-corrected chi connectivity index (χ4v) is 2.18. The van der Waals surface area contributed by atoms with Crippen LogP contribution >= 0.6 is 11.6 Å². The zero-order valence-electron chi connectivity index (χ0n) is 12.2. The molecule has 1 aromatic heterocycles. The van der Waals surface area contributed by atoms with E-state index in [9.17, 15) is 4.79 Å². The molecule has 1 heterocycles. The van der Waals surface area contributed by atoms with Crippen LogP contribution in [-0.2, 0) is 9.53 Å². The Bertz CT molecular complexity index is 608. The van der Waals surface area contributed by atoms with Gasteiger partial charge in [-0.3, -0.25) is 0 Å². The van der Waals surface area contributed by atoms with Gasteiger partial charge in [-0.15, -0.1) is 0 Å². The predicted molar refractivity (Wildman–Crippen MR) is 82.4 cm³/mol. The van der Waals surface area contributed by atoms with Crippen LogP contribution in [0.25, 0.3) is 0 Å². The summed E-state index contributed by atoms with van der Waals surface area (Å²) in [6.45, 7) is 4.06. The zero-order valence-corrected chi connectivity index (χ0v) is 13.0. The molecule has 1 atom stereocenters. The third-order valence-electron chi connectivity index (χ3n) is 3.14. The van der Waals surface area contributed by atoms with Crippen LogP contribution in [0.3, 0.4) is 0 Å². The van der Waals surface area contributed by atoms with Crippen molar-refractivity contribution in [2.45, 2.75) is 25.9 Å². The quantitative estimate of drug-likeness (QED) is 0.860. The number of methoxy groups -OCH3 is 1. The lowest BCUT2D eigenvalue weighted by atomic mass is 10.2. The fraction of sp³-hybridized carbons (Fsp3) is 0.333. The van der Waals surface area contributed by atoms with Crippen LogP contribution in [0.2, 0.25) is 5.02 Å². The standard InChI is InChI=1S/C15H18ClN3O2/c1-10(2)19-9-17-8-13(19)14(15(20)21-3)18-12-6-4-11(16)5-7-12/h4-10,14,18H,1-3H3. The number of hydrogen-bond acceptors (Lipinski definition) is 4. The monoisotopic (exact) mass is 307 g/mol. The summed E-state index contributed by atoms with van der Waals surface area (Å²) in [5, 5.41) is 3.80. The van der Waals surface area contributed by atoms with Gasteiger partial charge in [-0.05, 0) is 38.1 Å². The van der Waals surface area contributed by atoms with E-state index in [2.05, 4.69) is 10.3 Å². The molecule has 0 aliphatic carbocycles. The summed E-state index contributed by atoms with van der Waals surface area (Å²) >= 11 is 5.87.